The summed E-state index contributed by atoms with van der Waals surface area (Å²) in [5.74, 6) is 1.63. The lowest BCUT2D eigenvalue weighted by Crippen LogP contribution is -2.23. The maximum absolute atomic E-state index is 11.5. The summed E-state index contributed by atoms with van der Waals surface area (Å²) in [5, 5.41) is 4.52. The summed E-state index contributed by atoms with van der Waals surface area (Å²) in [5.41, 5.74) is 3.42. The molecule has 0 fully saturated rings. The van der Waals surface area contributed by atoms with Gasteiger partial charge in [-0.2, -0.15) is 0 Å². The fraction of sp³-hybridized carbons (Fsp3) is 0.350. The molecule has 4 aromatic rings. The van der Waals surface area contributed by atoms with Crippen molar-refractivity contribution in [2.75, 3.05) is 18.4 Å². The van der Waals surface area contributed by atoms with Gasteiger partial charge in [0.1, 0.15) is 16.5 Å². The number of hydrogen-bond donors (Lipinski definition) is 3. The van der Waals surface area contributed by atoms with Crippen LogP contribution in [0.4, 0.5) is 11.5 Å². The zero-order chi connectivity index (χ0) is 19.8. The van der Waals surface area contributed by atoms with Gasteiger partial charge in [-0.05, 0) is 50.7 Å². The predicted molar refractivity (Wildman–Crippen MR) is 116 cm³/mol. The molecule has 3 aromatic heterocycles. The Bertz CT molecular complexity index is 1200. The monoisotopic (exact) mass is 396 g/mol. The maximum Gasteiger partial charge on any atom is 0.323 e. The molecule has 3 heterocycles. The molecule has 0 atom stereocenters. The third-order valence-corrected chi connectivity index (χ3v) is 6.21. The van der Waals surface area contributed by atoms with E-state index in [9.17, 15) is 4.79 Å². The number of aromatic amines is 2. The minimum Gasteiger partial charge on any atom is -0.340 e. The average molecular weight is 397 g/mol. The Morgan fingerprint density at radius 3 is 2.61 bits per heavy atom. The number of rotatable bonds is 6. The van der Waals surface area contributed by atoms with Crippen molar-refractivity contribution < 1.29 is 0 Å². The highest BCUT2D eigenvalue weighted by Crippen LogP contribution is 2.35. The van der Waals surface area contributed by atoms with Crippen LogP contribution in [0.15, 0.2) is 23.0 Å². The molecule has 1 aromatic carbocycles. The molecule has 0 aliphatic rings. The summed E-state index contributed by atoms with van der Waals surface area (Å²) in [6.45, 7) is 11.2. The number of hydrogen-bond acceptors (Lipinski definition) is 6. The van der Waals surface area contributed by atoms with E-state index in [1.165, 1.54) is 10.4 Å². The number of aryl methyl sites for hydroxylation is 2. The zero-order valence-electron chi connectivity index (χ0n) is 16.5. The molecule has 4 rings (SSSR count). The van der Waals surface area contributed by atoms with Gasteiger partial charge in [0.2, 0.25) is 0 Å². The molecule has 28 heavy (non-hydrogen) atoms. The molecule has 0 aliphatic carbocycles. The van der Waals surface area contributed by atoms with Crippen molar-refractivity contribution in [1.29, 1.82) is 0 Å². The smallest absolute Gasteiger partial charge is 0.323 e. The third-order valence-electron chi connectivity index (χ3n) is 5.11. The van der Waals surface area contributed by atoms with Gasteiger partial charge in [-0.25, -0.2) is 14.8 Å². The molecule has 0 amide bonds. The second-order valence-electron chi connectivity index (χ2n) is 6.88. The van der Waals surface area contributed by atoms with E-state index in [4.69, 9.17) is 9.97 Å². The second kappa shape index (κ2) is 7.37. The molecule has 0 spiro atoms. The molecular formula is C20H24N6OS. The van der Waals surface area contributed by atoms with Gasteiger partial charge in [0.15, 0.2) is 0 Å². The van der Waals surface area contributed by atoms with Crippen LogP contribution in [0.2, 0.25) is 0 Å². The molecular weight excluding hydrogens is 372 g/mol. The van der Waals surface area contributed by atoms with Crippen molar-refractivity contribution in [2.45, 2.75) is 34.2 Å². The first-order chi connectivity index (χ1) is 13.5. The Morgan fingerprint density at radius 1 is 1.11 bits per heavy atom. The minimum atomic E-state index is -0.206. The second-order valence-corrected chi connectivity index (χ2v) is 8.08. The van der Waals surface area contributed by atoms with Crippen molar-refractivity contribution >= 4 is 44.1 Å². The predicted octanol–water partition coefficient (Wildman–Crippen LogP) is 4.06. The van der Waals surface area contributed by atoms with Gasteiger partial charge in [0.05, 0.1) is 23.0 Å². The van der Waals surface area contributed by atoms with Crippen LogP contribution < -0.4 is 11.0 Å². The lowest BCUT2D eigenvalue weighted by Gasteiger charge is -2.17. The van der Waals surface area contributed by atoms with Gasteiger partial charge in [-0.3, -0.25) is 4.90 Å². The fourth-order valence-electron chi connectivity index (χ4n) is 3.35. The normalized spacial score (nSPS) is 11.8. The van der Waals surface area contributed by atoms with Crippen LogP contribution >= 0.6 is 11.3 Å². The summed E-state index contributed by atoms with van der Waals surface area (Å²) in [4.78, 5) is 31.3. The number of nitrogens with zero attached hydrogens (tertiary/aromatic N) is 3. The minimum absolute atomic E-state index is 0.206. The van der Waals surface area contributed by atoms with E-state index in [0.717, 1.165) is 58.2 Å². The first-order valence-electron chi connectivity index (χ1n) is 9.46. The molecule has 146 valence electrons. The molecule has 0 radical (unpaired) electrons. The first kappa shape index (κ1) is 18.6. The number of aromatic nitrogens is 4. The molecule has 0 unspecified atom stereocenters. The average Bonchev–Trinajstić information content (AvgIpc) is 3.17. The Labute approximate surface area is 166 Å². The number of fused-ring (bicyclic) bond motifs is 2. The highest BCUT2D eigenvalue weighted by Gasteiger charge is 2.16. The molecule has 0 saturated heterocycles. The van der Waals surface area contributed by atoms with Gasteiger partial charge < -0.3 is 15.3 Å². The van der Waals surface area contributed by atoms with E-state index in [1.807, 2.05) is 18.2 Å². The van der Waals surface area contributed by atoms with Crippen molar-refractivity contribution in [2.24, 2.45) is 0 Å². The van der Waals surface area contributed by atoms with Crippen molar-refractivity contribution in [3.63, 3.8) is 0 Å². The van der Waals surface area contributed by atoms with E-state index in [2.05, 4.69) is 47.9 Å². The van der Waals surface area contributed by atoms with E-state index >= 15 is 0 Å². The highest BCUT2D eigenvalue weighted by molar-refractivity contribution is 7.18. The molecule has 0 bridgehead atoms. The quantitative estimate of drug-likeness (QED) is 0.457. The van der Waals surface area contributed by atoms with Gasteiger partial charge in [0, 0.05) is 10.6 Å². The maximum atomic E-state index is 11.5. The van der Waals surface area contributed by atoms with Crippen LogP contribution in [0.25, 0.3) is 21.3 Å². The van der Waals surface area contributed by atoms with Gasteiger partial charge >= 0.3 is 5.69 Å². The summed E-state index contributed by atoms with van der Waals surface area (Å²) >= 11 is 1.70. The molecule has 0 saturated carbocycles. The van der Waals surface area contributed by atoms with Crippen LogP contribution in [-0.2, 0) is 6.54 Å². The van der Waals surface area contributed by atoms with Gasteiger partial charge in [0.25, 0.3) is 0 Å². The van der Waals surface area contributed by atoms with E-state index in [-0.39, 0.29) is 5.69 Å². The third kappa shape index (κ3) is 3.41. The summed E-state index contributed by atoms with van der Waals surface area (Å²) in [7, 11) is 0. The number of thiophene rings is 1. The van der Waals surface area contributed by atoms with Crippen molar-refractivity contribution in [3.8, 4) is 0 Å². The first-order valence-corrected chi connectivity index (χ1v) is 10.3. The molecule has 7 nitrogen and oxygen atoms in total. The largest absolute Gasteiger partial charge is 0.340 e. The SMILES string of the molecule is CCN(CC)Cc1nc(Nc2ccc3[nH]c(=O)[nH]c3c2)c2c(C)c(C)sc2n1. The number of H-pyrrole nitrogens is 2. The Hall–Kier alpha value is -2.71. The fourth-order valence-corrected chi connectivity index (χ4v) is 4.40. The lowest BCUT2D eigenvalue weighted by molar-refractivity contribution is 0.289. The number of nitrogens with one attached hydrogen (secondary N) is 3. The van der Waals surface area contributed by atoms with Crippen molar-refractivity contribution in [1.82, 2.24) is 24.8 Å². The highest BCUT2D eigenvalue weighted by atomic mass is 32.1. The van der Waals surface area contributed by atoms with Crippen LogP contribution in [0.1, 0.15) is 30.1 Å². The van der Waals surface area contributed by atoms with Gasteiger partial charge in [-0.1, -0.05) is 13.8 Å². The van der Waals surface area contributed by atoms with Crippen LogP contribution in [0.5, 0.6) is 0 Å². The van der Waals surface area contributed by atoms with E-state index in [1.54, 1.807) is 11.3 Å². The summed E-state index contributed by atoms with van der Waals surface area (Å²) in [6, 6.07) is 5.75. The molecule has 3 N–H and O–H groups in total. The lowest BCUT2D eigenvalue weighted by atomic mass is 10.2. The molecule has 0 aliphatic heterocycles. The summed E-state index contributed by atoms with van der Waals surface area (Å²) < 4.78 is 0. The zero-order valence-corrected chi connectivity index (χ0v) is 17.3. The van der Waals surface area contributed by atoms with Crippen LogP contribution in [0, 0.1) is 13.8 Å². The van der Waals surface area contributed by atoms with E-state index in [0.29, 0.717) is 0 Å². The Kier molecular flexibility index (Phi) is 4.91. The van der Waals surface area contributed by atoms with Crippen molar-refractivity contribution in [3.05, 3.63) is 44.9 Å². The number of anilines is 2. The van der Waals surface area contributed by atoms with Gasteiger partial charge in [-0.15, -0.1) is 11.3 Å². The molecule has 8 heteroatoms. The Morgan fingerprint density at radius 2 is 1.86 bits per heavy atom. The van der Waals surface area contributed by atoms with E-state index < -0.39 is 0 Å². The Balaban J connectivity index is 1.79. The number of benzene rings is 1. The summed E-state index contributed by atoms with van der Waals surface area (Å²) in [6.07, 6.45) is 0. The number of imidazole rings is 1. The topological polar surface area (TPSA) is 89.7 Å². The van der Waals surface area contributed by atoms with Crippen LogP contribution in [0.3, 0.4) is 0 Å². The standard InChI is InChI=1S/C20H24N6OS/c1-5-26(6-2)10-16-24-18(17-11(3)12(4)28-19(17)25-16)21-13-7-8-14-15(9-13)23-20(27)22-14/h7-9H,5-6,10H2,1-4H3,(H,21,24,25)(H2,22,23,27). The van der Waals surface area contributed by atoms with Crippen LogP contribution in [-0.4, -0.2) is 37.9 Å².